The van der Waals surface area contributed by atoms with E-state index >= 15 is 0 Å². The average Bonchev–Trinajstić information content (AvgIpc) is 3.38. The van der Waals surface area contributed by atoms with E-state index in [0.717, 1.165) is 33.1 Å². The zero-order valence-corrected chi connectivity index (χ0v) is 19.0. The molecule has 0 bridgehead atoms. The van der Waals surface area contributed by atoms with Crippen LogP contribution < -0.4 is 10.6 Å². The molecular formula is C25H19N7OS. The van der Waals surface area contributed by atoms with Crippen molar-refractivity contribution in [2.45, 2.75) is 6.92 Å². The minimum absolute atomic E-state index is 0.281. The van der Waals surface area contributed by atoms with E-state index in [0.29, 0.717) is 17.3 Å². The molecule has 0 aliphatic rings. The lowest BCUT2D eigenvalue weighted by Gasteiger charge is -2.12. The van der Waals surface area contributed by atoms with Crippen LogP contribution in [0.5, 0.6) is 0 Å². The van der Waals surface area contributed by atoms with Crippen LogP contribution in [0.15, 0.2) is 84.9 Å². The number of pyridine rings is 2. The number of aromatic nitrogens is 5. The molecule has 0 saturated carbocycles. The van der Waals surface area contributed by atoms with Crippen molar-refractivity contribution < 1.29 is 4.79 Å². The Morgan fingerprint density at radius 3 is 2.47 bits per heavy atom. The first-order valence-corrected chi connectivity index (χ1v) is 11.3. The van der Waals surface area contributed by atoms with Crippen LogP contribution in [0.25, 0.3) is 21.8 Å². The fourth-order valence-electron chi connectivity index (χ4n) is 3.24. The molecule has 1 aromatic carbocycles. The Labute approximate surface area is 199 Å². The van der Waals surface area contributed by atoms with Crippen LogP contribution in [-0.4, -0.2) is 30.8 Å². The van der Waals surface area contributed by atoms with Crippen molar-refractivity contribution in [2.24, 2.45) is 0 Å². The Morgan fingerprint density at radius 2 is 1.71 bits per heavy atom. The third-order valence-electron chi connectivity index (χ3n) is 5.00. The Balaban J connectivity index is 1.33. The third-order valence-corrected chi connectivity index (χ3v) is 5.89. The molecule has 0 aliphatic carbocycles. The van der Waals surface area contributed by atoms with Crippen molar-refractivity contribution in [3.05, 3.63) is 96.2 Å². The first-order valence-electron chi connectivity index (χ1n) is 10.4. The molecule has 0 aliphatic heterocycles. The van der Waals surface area contributed by atoms with Gasteiger partial charge < -0.3 is 10.6 Å². The normalized spacial score (nSPS) is 10.6. The van der Waals surface area contributed by atoms with Crippen molar-refractivity contribution in [1.29, 1.82) is 0 Å². The van der Waals surface area contributed by atoms with E-state index in [1.54, 1.807) is 36.4 Å². The number of rotatable bonds is 6. The number of carbonyl (C=O) groups excluding carboxylic acids is 1. The number of carbonyl (C=O) groups is 1. The Kier molecular flexibility index (Phi) is 6.00. The second-order valence-corrected chi connectivity index (χ2v) is 8.25. The first-order chi connectivity index (χ1) is 16.7. The van der Waals surface area contributed by atoms with Gasteiger partial charge in [0.1, 0.15) is 10.7 Å². The van der Waals surface area contributed by atoms with Crippen molar-refractivity contribution in [1.82, 2.24) is 24.9 Å². The second-order valence-electron chi connectivity index (χ2n) is 7.40. The first kappa shape index (κ1) is 21.4. The summed E-state index contributed by atoms with van der Waals surface area (Å²) in [6.45, 7) is 1.97. The summed E-state index contributed by atoms with van der Waals surface area (Å²) in [6.07, 6.45) is 8.60. The molecule has 0 fully saturated rings. The highest BCUT2D eigenvalue weighted by Gasteiger charge is 2.13. The minimum atomic E-state index is -0.281. The monoisotopic (exact) mass is 465 g/mol. The fourth-order valence-corrected chi connectivity index (χ4v) is 4.03. The van der Waals surface area contributed by atoms with Gasteiger partial charge in [-0.2, -0.15) is 0 Å². The number of hydrogen-bond acceptors (Lipinski definition) is 8. The van der Waals surface area contributed by atoms with E-state index < -0.39 is 0 Å². The van der Waals surface area contributed by atoms with Gasteiger partial charge in [-0.1, -0.05) is 6.07 Å². The van der Waals surface area contributed by atoms with Gasteiger partial charge in [-0.3, -0.25) is 14.8 Å². The Hall–Kier alpha value is -4.50. The SMILES string of the molecule is Cc1ccc(NC(=O)c2csc(-c3cccnc3)n2)cc1Nc1nccc(-c2cccnc2)n1. The second kappa shape index (κ2) is 9.55. The summed E-state index contributed by atoms with van der Waals surface area (Å²) >= 11 is 1.40. The molecule has 4 heterocycles. The van der Waals surface area contributed by atoms with Gasteiger partial charge in [0.05, 0.1) is 5.69 Å². The Morgan fingerprint density at radius 1 is 0.912 bits per heavy atom. The molecular weight excluding hydrogens is 446 g/mol. The number of benzene rings is 1. The maximum atomic E-state index is 12.8. The predicted octanol–water partition coefficient (Wildman–Crippen LogP) is 5.36. The maximum absolute atomic E-state index is 12.8. The molecule has 4 aromatic heterocycles. The molecule has 8 nitrogen and oxygen atoms in total. The van der Waals surface area contributed by atoms with Crippen LogP contribution in [0.2, 0.25) is 0 Å². The maximum Gasteiger partial charge on any atom is 0.275 e. The van der Waals surface area contributed by atoms with E-state index in [9.17, 15) is 4.79 Å². The van der Waals surface area contributed by atoms with E-state index in [2.05, 4.69) is 35.6 Å². The van der Waals surface area contributed by atoms with Crippen LogP contribution in [-0.2, 0) is 0 Å². The van der Waals surface area contributed by atoms with Crippen molar-refractivity contribution in [2.75, 3.05) is 10.6 Å². The van der Waals surface area contributed by atoms with Gasteiger partial charge in [0.15, 0.2) is 0 Å². The lowest BCUT2D eigenvalue weighted by Crippen LogP contribution is -2.12. The molecule has 34 heavy (non-hydrogen) atoms. The van der Waals surface area contributed by atoms with E-state index in [-0.39, 0.29) is 5.91 Å². The quantitative estimate of drug-likeness (QED) is 0.348. The lowest BCUT2D eigenvalue weighted by molar-refractivity contribution is 0.102. The van der Waals surface area contributed by atoms with Gasteiger partial charge in [0.2, 0.25) is 5.95 Å². The van der Waals surface area contributed by atoms with Gasteiger partial charge in [-0.25, -0.2) is 15.0 Å². The predicted molar refractivity (Wildman–Crippen MR) is 133 cm³/mol. The molecule has 0 spiro atoms. The largest absolute Gasteiger partial charge is 0.324 e. The number of amides is 1. The highest BCUT2D eigenvalue weighted by molar-refractivity contribution is 7.13. The summed E-state index contributed by atoms with van der Waals surface area (Å²) < 4.78 is 0. The van der Waals surface area contributed by atoms with E-state index in [1.165, 1.54) is 11.3 Å². The summed E-state index contributed by atoms with van der Waals surface area (Å²) in [5.74, 6) is 0.171. The minimum Gasteiger partial charge on any atom is -0.324 e. The van der Waals surface area contributed by atoms with Gasteiger partial charge in [0, 0.05) is 58.9 Å². The molecule has 9 heteroatoms. The van der Waals surface area contributed by atoms with Gasteiger partial charge in [-0.15, -0.1) is 11.3 Å². The van der Waals surface area contributed by atoms with Crippen LogP contribution in [0.3, 0.4) is 0 Å². The summed E-state index contributed by atoms with van der Waals surface area (Å²) in [5.41, 5.74) is 5.31. The fraction of sp³-hybridized carbons (Fsp3) is 0.0400. The van der Waals surface area contributed by atoms with E-state index in [1.807, 2.05) is 55.5 Å². The third kappa shape index (κ3) is 4.79. The molecule has 2 N–H and O–H groups in total. The highest BCUT2D eigenvalue weighted by Crippen LogP contribution is 2.26. The summed E-state index contributed by atoms with van der Waals surface area (Å²) in [7, 11) is 0. The van der Waals surface area contributed by atoms with Crippen molar-refractivity contribution >= 4 is 34.6 Å². The molecule has 5 aromatic rings. The smallest absolute Gasteiger partial charge is 0.275 e. The number of aryl methyl sites for hydroxylation is 1. The molecule has 5 rings (SSSR count). The lowest BCUT2D eigenvalue weighted by atomic mass is 10.1. The number of nitrogens with one attached hydrogen (secondary N) is 2. The van der Waals surface area contributed by atoms with Gasteiger partial charge in [-0.05, 0) is 55.0 Å². The number of anilines is 3. The van der Waals surface area contributed by atoms with Crippen LogP contribution in [0.1, 0.15) is 16.1 Å². The van der Waals surface area contributed by atoms with Crippen molar-refractivity contribution in [3.8, 4) is 21.8 Å². The average molecular weight is 466 g/mol. The highest BCUT2D eigenvalue weighted by atomic mass is 32.1. The van der Waals surface area contributed by atoms with Crippen LogP contribution in [0, 0.1) is 6.92 Å². The summed E-state index contributed by atoms with van der Waals surface area (Å²) in [6, 6.07) is 15.0. The molecule has 0 atom stereocenters. The zero-order chi connectivity index (χ0) is 23.3. The standard InChI is InChI=1S/C25H19N7OS/c1-16-6-7-19(29-23(33)22-15-34-24(30-22)18-5-3-10-27-14-18)12-21(16)32-25-28-11-8-20(31-25)17-4-2-9-26-13-17/h2-15H,1H3,(H,29,33)(H,28,31,32). The number of hydrogen-bond donors (Lipinski definition) is 2. The summed E-state index contributed by atoms with van der Waals surface area (Å²) in [4.78, 5) is 34.4. The van der Waals surface area contributed by atoms with E-state index in [4.69, 9.17) is 0 Å². The molecule has 0 saturated heterocycles. The van der Waals surface area contributed by atoms with Crippen LogP contribution in [0.4, 0.5) is 17.3 Å². The molecule has 166 valence electrons. The van der Waals surface area contributed by atoms with Gasteiger partial charge >= 0.3 is 0 Å². The number of thiazole rings is 1. The number of nitrogens with zero attached hydrogens (tertiary/aromatic N) is 5. The molecule has 0 unspecified atom stereocenters. The Bertz CT molecular complexity index is 1440. The van der Waals surface area contributed by atoms with Crippen LogP contribution >= 0.6 is 11.3 Å². The molecule has 0 radical (unpaired) electrons. The zero-order valence-electron chi connectivity index (χ0n) is 18.1. The molecule has 1 amide bonds. The van der Waals surface area contributed by atoms with Gasteiger partial charge in [0.25, 0.3) is 5.91 Å². The van der Waals surface area contributed by atoms with Crippen molar-refractivity contribution in [3.63, 3.8) is 0 Å². The summed E-state index contributed by atoms with van der Waals surface area (Å²) in [5, 5.41) is 8.65. The topological polar surface area (TPSA) is 106 Å².